The predicted octanol–water partition coefficient (Wildman–Crippen LogP) is -0.203. The van der Waals surface area contributed by atoms with Crippen LogP contribution in [0.3, 0.4) is 0 Å². The van der Waals surface area contributed by atoms with Crippen LogP contribution in [0.1, 0.15) is 5.69 Å². The fourth-order valence-corrected chi connectivity index (χ4v) is 6.43. The van der Waals surface area contributed by atoms with Crippen LogP contribution in [0.25, 0.3) is 10.4 Å². The zero-order valence-corrected chi connectivity index (χ0v) is 22.3. The first-order chi connectivity index (χ1) is 18.8. The molecule has 39 heavy (non-hydrogen) atoms. The smallest absolute Gasteiger partial charge is 0.352 e. The van der Waals surface area contributed by atoms with Crippen molar-refractivity contribution >= 4 is 69.9 Å². The summed E-state index contributed by atoms with van der Waals surface area (Å²) < 4.78 is 1.45. The summed E-state index contributed by atoms with van der Waals surface area (Å²) in [7, 11) is 1.65. The first-order valence-electron chi connectivity index (χ1n) is 10.8. The number of azide groups is 1. The van der Waals surface area contributed by atoms with E-state index in [-0.39, 0.29) is 41.1 Å². The zero-order valence-electron chi connectivity index (χ0n) is 19.8. The number of carboxylic acid groups (broad SMARTS) is 1. The van der Waals surface area contributed by atoms with Crippen LogP contribution in [0.2, 0.25) is 0 Å². The Bertz CT molecular complexity index is 1400. The molecular formula is C18H18N12O6S3. The molecular weight excluding hydrogens is 576 g/mol. The van der Waals surface area contributed by atoms with Crippen molar-refractivity contribution in [3.05, 3.63) is 32.8 Å². The Labute approximate surface area is 230 Å². The lowest BCUT2D eigenvalue weighted by Crippen LogP contribution is -2.71. The number of thiazole rings is 1. The van der Waals surface area contributed by atoms with Crippen molar-refractivity contribution in [2.24, 2.45) is 17.3 Å². The summed E-state index contributed by atoms with van der Waals surface area (Å²) in [5.41, 5.74) is 8.52. The predicted molar refractivity (Wildman–Crippen MR) is 138 cm³/mol. The molecule has 3 amide bonds. The van der Waals surface area contributed by atoms with Gasteiger partial charge in [-0.1, -0.05) is 22.0 Å². The normalized spacial score (nSPS) is 18.5. The number of aromatic nitrogens is 5. The molecule has 1 unspecified atom stereocenters. The number of aliphatic carboxylic acids is 1. The average molecular weight is 595 g/mol. The number of hydrogen-bond acceptors (Lipinski definition) is 14. The van der Waals surface area contributed by atoms with Gasteiger partial charge in [0.2, 0.25) is 11.6 Å². The SMILES string of the molecule is Cn1nnnc1SCC1=C(C(=O)O)N2C(=O)C(NC(=O)C(=NOCCN=[N+]=[N-])c3csc(NC=O)n3)[C@H]2SC1. The highest BCUT2D eigenvalue weighted by Crippen LogP contribution is 2.41. The molecule has 0 aromatic carbocycles. The van der Waals surface area contributed by atoms with Gasteiger partial charge >= 0.3 is 5.97 Å². The van der Waals surface area contributed by atoms with Crippen molar-refractivity contribution in [2.45, 2.75) is 16.6 Å². The van der Waals surface area contributed by atoms with Crippen LogP contribution in [0.15, 0.2) is 32.1 Å². The highest BCUT2D eigenvalue weighted by Gasteiger charge is 2.54. The van der Waals surface area contributed by atoms with Crippen LogP contribution >= 0.6 is 34.9 Å². The van der Waals surface area contributed by atoms with Crippen molar-refractivity contribution in [3.63, 3.8) is 0 Å². The summed E-state index contributed by atoms with van der Waals surface area (Å²) in [5, 5.41) is 34.5. The van der Waals surface area contributed by atoms with Crippen LogP contribution < -0.4 is 10.6 Å². The lowest BCUT2D eigenvalue weighted by molar-refractivity contribution is -0.150. The summed E-state index contributed by atoms with van der Waals surface area (Å²) >= 11 is 3.57. The maximum Gasteiger partial charge on any atom is 0.352 e. The second-order valence-electron chi connectivity index (χ2n) is 7.52. The number of rotatable bonds is 13. The van der Waals surface area contributed by atoms with E-state index in [9.17, 15) is 24.3 Å². The summed E-state index contributed by atoms with van der Waals surface area (Å²) in [6.07, 6.45) is 0.419. The summed E-state index contributed by atoms with van der Waals surface area (Å²) in [5.74, 6) is -2.12. The van der Waals surface area contributed by atoms with Gasteiger partial charge in [-0.25, -0.2) is 14.5 Å². The molecule has 0 radical (unpaired) electrons. The molecule has 2 atom stereocenters. The standard InChI is InChI=1S/C18H18N12O6S3/c1-29-18(24-27-28-29)39-5-8-4-37-15-11(14(33)30(15)12(8)16(34)35)23-13(32)10(25-36-3-2-21-26-19)9-6-38-17(22-9)20-7-31/h6-7,11,15H,2-5H2,1H3,(H,23,32)(H,34,35)(H,20,22,31)/t11?,15-/m1/s1. The van der Waals surface area contributed by atoms with Gasteiger partial charge in [-0.2, -0.15) is 0 Å². The fraction of sp³-hybridized carbons (Fsp3) is 0.389. The number of anilines is 1. The quantitative estimate of drug-likeness (QED) is 0.0314. The number of carboxylic acids is 1. The van der Waals surface area contributed by atoms with E-state index in [0.717, 1.165) is 16.2 Å². The van der Waals surface area contributed by atoms with Gasteiger partial charge in [0.15, 0.2) is 10.8 Å². The number of fused-ring (bicyclic) bond motifs is 1. The Kier molecular flexibility index (Phi) is 8.96. The van der Waals surface area contributed by atoms with E-state index in [1.165, 1.54) is 33.6 Å². The van der Waals surface area contributed by atoms with Crippen LogP contribution in [0.5, 0.6) is 0 Å². The molecule has 2 aromatic rings. The number of oxime groups is 1. The molecule has 204 valence electrons. The van der Waals surface area contributed by atoms with Gasteiger partial charge in [0, 0.05) is 28.8 Å². The number of carbonyl (C=O) groups excluding carboxylic acids is 3. The lowest BCUT2D eigenvalue weighted by Gasteiger charge is -2.49. The van der Waals surface area contributed by atoms with Crippen molar-refractivity contribution in [1.82, 2.24) is 35.4 Å². The van der Waals surface area contributed by atoms with E-state index in [2.05, 4.69) is 46.3 Å². The molecule has 0 spiro atoms. The van der Waals surface area contributed by atoms with E-state index < -0.39 is 29.2 Å². The van der Waals surface area contributed by atoms with Crippen LogP contribution in [-0.2, 0) is 31.1 Å². The Balaban J connectivity index is 1.49. The van der Waals surface area contributed by atoms with E-state index in [4.69, 9.17) is 10.4 Å². The van der Waals surface area contributed by atoms with E-state index in [0.29, 0.717) is 22.9 Å². The molecule has 2 aliphatic rings. The number of tetrazole rings is 1. The zero-order chi connectivity index (χ0) is 27.9. The number of amides is 3. The number of β-lactam (4-membered cyclic amide) rings is 1. The van der Waals surface area contributed by atoms with E-state index in [1.54, 1.807) is 7.05 Å². The molecule has 1 saturated heterocycles. The molecule has 0 bridgehead atoms. The van der Waals surface area contributed by atoms with Crippen molar-refractivity contribution < 1.29 is 29.1 Å². The minimum atomic E-state index is -1.27. The molecule has 4 heterocycles. The number of nitrogens with one attached hydrogen (secondary N) is 2. The molecule has 0 saturated carbocycles. The average Bonchev–Trinajstić information content (AvgIpc) is 3.56. The number of hydrogen-bond donors (Lipinski definition) is 3. The molecule has 21 heteroatoms. The lowest BCUT2D eigenvalue weighted by atomic mass is 10.0. The minimum absolute atomic E-state index is 0.0449. The molecule has 1 fully saturated rings. The first kappa shape index (κ1) is 27.8. The van der Waals surface area contributed by atoms with E-state index >= 15 is 0 Å². The summed E-state index contributed by atoms with van der Waals surface area (Å²) in [6, 6.07) is -1.03. The van der Waals surface area contributed by atoms with Crippen molar-refractivity contribution in [2.75, 3.05) is 30.0 Å². The summed E-state index contributed by atoms with van der Waals surface area (Å²) in [4.78, 5) is 61.9. The van der Waals surface area contributed by atoms with Crippen LogP contribution in [0, 0.1) is 0 Å². The number of carbonyl (C=O) groups is 4. The maximum atomic E-state index is 13.1. The molecule has 18 nitrogen and oxygen atoms in total. The van der Waals surface area contributed by atoms with Gasteiger partial charge in [-0.15, -0.1) is 28.2 Å². The van der Waals surface area contributed by atoms with Gasteiger partial charge in [0.05, 0.1) is 6.54 Å². The topological polar surface area (TPSA) is 243 Å². The fourth-order valence-electron chi connectivity index (χ4n) is 3.44. The Morgan fingerprint density at radius 1 is 1.46 bits per heavy atom. The van der Waals surface area contributed by atoms with Gasteiger partial charge in [0.1, 0.15) is 29.4 Å². The first-order valence-corrected chi connectivity index (χ1v) is 13.7. The molecule has 2 aromatic heterocycles. The monoisotopic (exact) mass is 594 g/mol. The Morgan fingerprint density at radius 2 is 2.28 bits per heavy atom. The third-order valence-electron chi connectivity index (χ3n) is 5.14. The van der Waals surface area contributed by atoms with Gasteiger partial charge in [-0.05, 0) is 21.5 Å². The summed E-state index contributed by atoms with van der Waals surface area (Å²) in [6.45, 7) is -0.173. The Hall–Kier alpha value is -4.20. The molecule has 2 aliphatic heterocycles. The van der Waals surface area contributed by atoms with Gasteiger partial charge in [-0.3, -0.25) is 19.3 Å². The molecule has 3 N–H and O–H groups in total. The molecule has 4 rings (SSSR count). The van der Waals surface area contributed by atoms with Crippen molar-refractivity contribution in [1.29, 1.82) is 0 Å². The van der Waals surface area contributed by atoms with Crippen LogP contribution in [0.4, 0.5) is 5.13 Å². The highest BCUT2D eigenvalue weighted by atomic mass is 32.2. The molecule has 0 aliphatic carbocycles. The largest absolute Gasteiger partial charge is 0.477 e. The third kappa shape index (κ3) is 6.11. The minimum Gasteiger partial charge on any atom is -0.477 e. The Morgan fingerprint density at radius 3 is 2.97 bits per heavy atom. The number of thioether (sulfide) groups is 2. The van der Waals surface area contributed by atoms with E-state index in [1.807, 2.05) is 0 Å². The second kappa shape index (κ2) is 12.6. The van der Waals surface area contributed by atoms with Crippen molar-refractivity contribution in [3.8, 4) is 0 Å². The second-order valence-corrected chi connectivity index (χ2v) is 10.4. The van der Waals surface area contributed by atoms with Crippen LogP contribution in [-0.4, -0.2) is 101 Å². The highest BCUT2D eigenvalue weighted by molar-refractivity contribution is 8.01. The van der Waals surface area contributed by atoms with Gasteiger partial charge < -0.3 is 20.6 Å². The number of nitrogens with zero attached hydrogens (tertiary/aromatic N) is 10. The van der Waals surface area contributed by atoms with Gasteiger partial charge in [0.25, 0.3) is 11.8 Å². The third-order valence-corrected chi connectivity index (χ3v) is 8.35. The maximum absolute atomic E-state index is 13.1. The number of aryl methyl sites for hydroxylation is 1.